The van der Waals surface area contributed by atoms with Gasteiger partial charge in [0.05, 0.1) is 19.3 Å². The van der Waals surface area contributed by atoms with Gasteiger partial charge in [0.25, 0.3) is 0 Å². The molecule has 2 atom stereocenters. The minimum Gasteiger partial charge on any atom is -0.379 e. The molecule has 0 bridgehead atoms. The standard InChI is InChI=1S/C18H33N7O/c1-4-19-18(20-12-14(2)13-24-8-10-26-11-9-24)22-16-6-5-7-25-17(16)21-15(3)23-25/h14,16H,4-13H2,1-3H3,(H2,19,20,22). The highest BCUT2D eigenvalue weighted by Crippen LogP contribution is 2.22. The zero-order chi connectivity index (χ0) is 18.4. The Morgan fingerprint density at radius 1 is 1.35 bits per heavy atom. The zero-order valence-corrected chi connectivity index (χ0v) is 16.4. The van der Waals surface area contributed by atoms with Gasteiger partial charge in [-0.05, 0) is 32.6 Å². The van der Waals surface area contributed by atoms with Gasteiger partial charge in [-0.1, -0.05) is 6.92 Å². The largest absolute Gasteiger partial charge is 0.379 e. The third-order valence-electron chi connectivity index (χ3n) is 4.87. The van der Waals surface area contributed by atoms with Gasteiger partial charge in [-0.3, -0.25) is 9.89 Å². The second-order valence-corrected chi connectivity index (χ2v) is 7.32. The van der Waals surface area contributed by atoms with Gasteiger partial charge in [0.15, 0.2) is 5.96 Å². The highest BCUT2D eigenvalue weighted by atomic mass is 16.5. The Morgan fingerprint density at radius 3 is 2.92 bits per heavy atom. The molecule has 0 aromatic carbocycles. The summed E-state index contributed by atoms with van der Waals surface area (Å²) >= 11 is 0. The highest BCUT2D eigenvalue weighted by Gasteiger charge is 2.24. The molecule has 0 radical (unpaired) electrons. The number of morpholine rings is 1. The summed E-state index contributed by atoms with van der Waals surface area (Å²) in [6, 6.07) is 0.178. The predicted octanol–water partition coefficient (Wildman–Crippen LogP) is 0.945. The van der Waals surface area contributed by atoms with E-state index in [1.165, 1.54) is 0 Å². The lowest BCUT2D eigenvalue weighted by Gasteiger charge is -2.29. The van der Waals surface area contributed by atoms with E-state index in [2.05, 4.69) is 39.5 Å². The molecule has 1 fully saturated rings. The van der Waals surface area contributed by atoms with Gasteiger partial charge in [-0.25, -0.2) is 9.67 Å². The number of hydrogen-bond donors (Lipinski definition) is 2. The lowest BCUT2D eigenvalue weighted by Crippen LogP contribution is -2.42. The van der Waals surface area contributed by atoms with Crippen LogP contribution >= 0.6 is 0 Å². The van der Waals surface area contributed by atoms with Crippen molar-refractivity contribution in [3.63, 3.8) is 0 Å². The molecule has 0 saturated carbocycles. The van der Waals surface area contributed by atoms with Crippen molar-refractivity contribution < 1.29 is 4.74 Å². The summed E-state index contributed by atoms with van der Waals surface area (Å²) in [7, 11) is 0. The smallest absolute Gasteiger partial charge is 0.191 e. The molecule has 26 heavy (non-hydrogen) atoms. The van der Waals surface area contributed by atoms with E-state index in [4.69, 9.17) is 9.73 Å². The Hall–Kier alpha value is -1.67. The Kier molecular flexibility index (Phi) is 6.85. The number of aryl methyl sites for hydroxylation is 2. The number of ether oxygens (including phenoxy) is 1. The van der Waals surface area contributed by atoms with Crippen LogP contribution in [0, 0.1) is 12.8 Å². The van der Waals surface area contributed by atoms with Crippen LogP contribution in [0.4, 0.5) is 0 Å². The van der Waals surface area contributed by atoms with Crippen LogP contribution in [-0.2, 0) is 11.3 Å². The topological polar surface area (TPSA) is 79.6 Å². The van der Waals surface area contributed by atoms with Gasteiger partial charge in [0, 0.05) is 39.3 Å². The molecule has 0 aliphatic carbocycles. The minimum atomic E-state index is 0.178. The van der Waals surface area contributed by atoms with Crippen LogP contribution in [0.3, 0.4) is 0 Å². The first-order chi connectivity index (χ1) is 12.7. The molecule has 1 aromatic rings. The number of nitrogens with zero attached hydrogens (tertiary/aromatic N) is 5. The molecule has 8 heteroatoms. The summed E-state index contributed by atoms with van der Waals surface area (Å²) in [6.45, 7) is 13.8. The van der Waals surface area contributed by atoms with Crippen LogP contribution in [0.5, 0.6) is 0 Å². The second-order valence-electron chi connectivity index (χ2n) is 7.32. The maximum Gasteiger partial charge on any atom is 0.191 e. The zero-order valence-electron chi connectivity index (χ0n) is 16.4. The van der Waals surface area contributed by atoms with E-state index in [0.29, 0.717) is 5.92 Å². The maximum atomic E-state index is 5.42. The molecule has 2 aliphatic rings. The molecule has 3 rings (SSSR count). The number of nitrogens with one attached hydrogen (secondary N) is 2. The van der Waals surface area contributed by atoms with E-state index in [-0.39, 0.29) is 6.04 Å². The van der Waals surface area contributed by atoms with Crippen LogP contribution in [0.1, 0.15) is 44.4 Å². The van der Waals surface area contributed by atoms with Crippen molar-refractivity contribution in [3.8, 4) is 0 Å². The molecule has 1 aromatic heterocycles. The van der Waals surface area contributed by atoms with Crippen LogP contribution in [0.2, 0.25) is 0 Å². The fourth-order valence-corrected chi connectivity index (χ4v) is 3.62. The summed E-state index contributed by atoms with van der Waals surface area (Å²) in [5, 5.41) is 11.4. The molecule has 1 saturated heterocycles. The van der Waals surface area contributed by atoms with Crippen molar-refractivity contribution in [2.75, 3.05) is 45.9 Å². The van der Waals surface area contributed by atoms with E-state index >= 15 is 0 Å². The average Bonchev–Trinajstić information content (AvgIpc) is 3.02. The quantitative estimate of drug-likeness (QED) is 0.579. The number of aliphatic imine (C=N–C) groups is 1. The summed E-state index contributed by atoms with van der Waals surface area (Å²) in [5.74, 6) is 3.26. The van der Waals surface area contributed by atoms with Crippen molar-refractivity contribution >= 4 is 5.96 Å². The van der Waals surface area contributed by atoms with Gasteiger partial charge in [0.2, 0.25) is 0 Å². The lowest BCUT2D eigenvalue weighted by molar-refractivity contribution is 0.0323. The number of rotatable bonds is 6. The number of fused-ring (bicyclic) bond motifs is 1. The Labute approximate surface area is 156 Å². The molecule has 2 N–H and O–H groups in total. The predicted molar refractivity (Wildman–Crippen MR) is 102 cm³/mol. The molecule has 0 spiro atoms. The number of aromatic nitrogens is 3. The Morgan fingerprint density at radius 2 is 2.15 bits per heavy atom. The van der Waals surface area contributed by atoms with Crippen molar-refractivity contribution in [1.29, 1.82) is 0 Å². The molecular formula is C18H33N7O. The van der Waals surface area contributed by atoms with Gasteiger partial charge in [-0.2, -0.15) is 5.10 Å². The van der Waals surface area contributed by atoms with Gasteiger partial charge in [-0.15, -0.1) is 0 Å². The van der Waals surface area contributed by atoms with Crippen LogP contribution < -0.4 is 10.6 Å². The van der Waals surface area contributed by atoms with Crippen molar-refractivity contribution in [1.82, 2.24) is 30.3 Å². The van der Waals surface area contributed by atoms with E-state index in [1.807, 2.05) is 11.6 Å². The first-order valence-electron chi connectivity index (χ1n) is 9.92. The monoisotopic (exact) mass is 363 g/mol. The van der Waals surface area contributed by atoms with Gasteiger partial charge < -0.3 is 15.4 Å². The molecule has 2 unspecified atom stereocenters. The molecule has 3 heterocycles. The van der Waals surface area contributed by atoms with E-state index in [0.717, 1.165) is 82.9 Å². The normalized spacial score (nSPS) is 22.7. The van der Waals surface area contributed by atoms with E-state index in [9.17, 15) is 0 Å². The van der Waals surface area contributed by atoms with Crippen LogP contribution in [0.15, 0.2) is 4.99 Å². The van der Waals surface area contributed by atoms with Crippen molar-refractivity contribution in [2.45, 2.75) is 46.2 Å². The van der Waals surface area contributed by atoms with Crippen molar-refractivity contribution in [2.24, 2.45) is 10.9 Å². The lowest BCUT2D eigenvalue weighted by atomic mass is 10.1. The number of guanidine groups is 1. The SMILES string of the molecule is CCNC(=NCC(C)CN1CCOCC1)NC1CCCn2nc(C)nc21. The molecular weight excluding hydrogens is 330 g/mol. The highest BCUT2D eigenvalue weighted by molar-refractivity contribution is 5.80. The Balaban J connectivity index is 1.57. The molecule has 8 nitrogen and oxygen atoms in total. The number of hydrogen-bond acceptors (Lipinski definition) is 5. The summed E-state index contributed by atoms with van der Waals surface area (Å²) in [6.07, 6.45) is 2.17. The molecule has 2 aliphatic heterocycles. The average molecular weight is 364 g/mol. The maximum absolute atomic E-state index is 5.42. The molecule has 146 valence electrons. The third kappa shape index (κ3) is 5.17. The van der Waals surface area contributed by atoms with Crippen LogP contribution in [0.25, 0.3) is 0 Å². The van der Waals surface area contributed by atoms with Gasteiger partial charge >= 0.3 is 0 Å². The fourth-order valence-electron chi connectivity index (χ4n) is 3.62. The fraction of sp³-hybridized carbons (Fsp3) is 0.833. The third-order valence-corrected chi connectivity index (χ3v) is 4.87. The van der Waals surface area contributed by atoms with Gasteiger partial charge in [0.1, 0.15) is 11.6 Å². The van der Waals surface area contributed by atoms with E-state index in [1.54, 1.807) is 0 Å². The first kappa shape index (κ1) is 19.1. The molecule has 0 amide bonds. The summed E-state index contributed by atoms with van der Waals surface area (Å²) < 4.78 is 7.45. The van der Waals surface area contributed by atoms with Crippen molar-refractivity contribution in [3.05, 3.63) is 11.6 Å². The van der Waals surface area contributed by atoms with Crippen LogP contribution in [-0.4, -0.2) is 71.6 Å². The summed E-state index contributed by atoms with van der Waals surface area (Å²) in [4.78, 5) is 11.9. The van der Waals surface area contributed by atoms with E-state index < -0.39 is 0 Å². The summed E-state index contributed by atoms with van der Waals surface area (Å²) in [5.41, 5.74) is 0. The Bertz CT molecular complexity index is 594. The minimum absolute atomic E-state index is 0.178. The second kappa shape index (κ2) is 9.32. The first-order valence-corrected chi connectivity index (χ1v) is 9.92.